The van der Waals surface area contributed by atoms with Gasteiger partial charge in [-0.15, -0.1) is 0 Å². The Morgan fingerprint density at radius 2 is 2.06 bits per heavy atom. The highest BCUT2D eigenvalue weighted by atomic mass is 16.5. The average molecular weight is 242 g/mol. The normalized spacial score (nSPS) is 27.0. The summed E-state index contributed by atoms with van der Waals surface area (Å²) in [5.41, 5.74) is 0.333. The van der Waals surface area contributed by atoms with Crippen LogP contribution < -0.4 is 5.32 Å². The second-order valence-corrected chi connectivity index (χ2v) is 5.71. The van der Waals surface area contributed by atoms with Gasteiger partial charge in [0.15, 0.2) is 0 Å². The summed E-state index contributed by atoms with van der Waals surface area (Å²) in [5.74, 6) is 0.618. The van der Waals surface area contributed by atoms with Crippen molar-refractivity contribution in [2.45, 2.75) is 52.1 Å². The van der Waals surface area contributed by atoms with E-state index in [2.05, 4.69) is 37.9 Å². The Kier molecular flexibility index (Phi) is 5.90. The molecule has 2 unspecified atom stereocenters. The van der Waals surface area contributed by atoms with Gasteiger partial charge in [-0.3, -0.25) is 4.90 Å². The molecular formula is C14H30N2O. The molecule has 3 nitrogen and oxygen atoms in total. The van der Waals surface area contributed by atoms with E-state index in [1.807, 2.05) is 0 Å². The van der Waals surface area contributed by atoms with E-state index < -0.39 is 0 Å². The zero-order chi connectivity index (χ0) is 12.9. The fourth-order valence-corrected chi connectivity index (χ4v) is 2.80. The predicted octanol–water partition coefficient (Wildman–Crippen LogP) is 2.12. The summed E-state index contributed by atoms with van der Waals surface area (Å²) in [6.07, 6.45) is 2.43. The molecule has 1 fully saturated rings. The first-order valence-electron chi connectivity index (χ1n) is 7.05. The van der Waals surface area contributed by atoms with Crippen molar-refractivity contribution in [2.24, 2.45) is 5.92 Å². The van der Waals surface area contributed by atoms with E-state index in [4.69, 9.17) is 4.74 Å². The first kappa shape index (κ1) is 14.9. The number of hydrogen-bond donors (Lipinski definition) is 1. The molecule has 1 heterocycles. The largest absolute Gasteiger partial charge is 0.384 e. The van der Waals surface area contributed by atoms with Gasteiger partial charge in [0.2, 0.25) is 0 Å². The molecule has 3 heteroatoms. The van der Waals surface area contributed by atoms with Crippen molar-refractivity contribution in [3.63, 3.8) is 0 Å². The topological polar surface area (TPSA) is 24.5 Å². The molecule has 0 saturated carbocycles. The predicted molar refractivity (Wildman–Crippen MR) is 73.4 cm³/mol. The van der Waals surface area contributed by atoms with Crippen molar-refractivity contribution in [1.82, 2.24) is 10.2 Å². The molecule has 2 atom stereocenters. The maximum absolute atomic E-state index is 5.24. The lowest BCUT2D eigenvalue weighted by molar-refractivity contribution is 0.0524. The van der Waals surface area contributed by atoms with Crippen LogP contribution in [-0.2, 0) is 4.74 Å². The quantitative estimate of drug-likeness (QED) is 0.772. The second-order valence-electron chi connectivity index (χ2n) is 5.71. The highest BCUT2D eigenvalue weighted by molar-refractivity contribution is 4.95. The number of hydrogen-bond acceptors (Lipinski definition) is 3. The molecule has 0 aromatic heterocycles. The van der Waals surface area contributed by atoms with E-state index in [1.54, 1.807) is 7.11 Å². The molecule has 0 aliphatic carbocycles. The minimum absolute atomic E-state index is 0.333. The van der Waals surface area contributed by atoms with Crippen molar-refractivity contribution < 1.29 is 4.74 Å². The molecule has 0 aromatic carbocycles. The van der Waals surface area contributed by atoms with E-state index in [-0.39, 0.29) is 0 Å². The molecule has 0 bridgehead atoms. The fourth-order valence-electron chi connectivity index (χ4n) is 2.80. The minimum Gasteiger partial charge on any atom is -0.384 e. The average Bonchev–Trinajstić information content (AvgIpc) is 2.33. The van der Waals surface area contributed by atoms with E-state index in [0.29, 0.717) is 17.5 Å². The fraction of sp³-hybridized carbons (Fsp3) is 1.00. The zero-order valence-corrected chi connectivity index (χ0v) is 12.3. The van der Waals surface area contributed by atoms with Gasteiger partial charge in [0.1, 0.15) is 0 Å². The van der Waals surface area contributed by atoms with Crippen LogP contribution in [0.5, 0.6) is 0 Å². The van der Waals surface area contributed by atoms with E-state index in [0.717, 1.165) is 19.7 Å². The summed E-state index contributed by atoms with van der Waals surface area (Å²) in [5, 5.41) is 3.74. The third-order valence-corrected chi connectivity index (χ3v) is 4.25. The summed E-state index contributed by atoms with van der Waals surface area (Å²) in [7, 11) is 1.79. The minimum atomic E-state index is 0.333. The van der Waals surface area contributed by atoms with E-state index in [1.165, 1.54) is 19.4 Å². The summed E-state index contributed by atoms with van der Waals surface area (Å²) in [6, 6.07) is 0.639. The number of rotatable bonds is 6. The van der Waals surface area contributed by atoms with Crippen LogP contribution in [0.2, 0.25) is 0 Å². The third kappa shape index (κ3) is 3.94. The summed E-state index contributed by atoms with van der Waals surface area (Å²) in [6.45, 7) is 13.5. The summed E-state index contributed by atoms with van der Waals surface area (Å²) >= 11 is 0. The van der Waals surface area contributed by atoms with Crippen molar-refractivity contribution in [2.75, 3.05) is 33.4 Å². The van der Waals surface area contributed by atoms with Crippen LogP contribution in [0.4, 0.5) is 0 Å². The number of methoxy groups -OCH3 is 1. The molecule has 0 amide bonds. The Labute approximate surface area is 107 Å². The van der Waals surface area contributed by atoms with Crippen LogP contribution in [0.3, 0.4) is 0 Å². The van der Waals surface area contributed by atoms with Gasteiger partial charge >= 0.3 is 0 Å². The van der Waals surface area contributed by atoms with Crippen molar-refractivity contribution >= 4 is 0 Å². The number of nitrogens with one attached hydrogen (secondary N) is 1. The Bertz CT molecular complexity index is 216. The zero-order valence-electron chi connectivity index (χ0n) is 12.3. The van der Waals surface area contributed by atoms with Crippen LogP contribution >= 0.6 is 0 Å². The Morgan fingerprint density at radius 1 is 1.41 bits per heavy atom. The molecule has 1 saturated heterocycles. The van der Waals surface area contributed by atoms with Crippen molar-refractivity contribution in [3.05, 3.63) is 0 Å². The molecule has 0 spiro atoms. The van der Waals surface area contributed by atoms with Gasteiger partial charge in [-0.25, -0.2) is 0 Å². The monoisotopic (exact) mass is 242 g/mol. The Hall–Kier alpha value is -0.120. The van der Waals surface area contributed by atoms with Crippen LogP contribution in [0.25, 0.3) is 0 Å². The second kappa shape index (κ2) is 6.72. The first-order valence-corrected chi connectivity index (χ1v) is 7.05. The van der Waals surface area contributed by atoms with Gasteiger partial charge in [-0.05, 0) is 25.7 Å². The number of ether oxygens (including phenoxy) is 1. The molecule has 1 N–H and O–H groups in total. The van der Waals surface area contributed by atoms with Crippen molar-refractivity contribution in [1.29, 1.82) is 0 Å². The van der Waals surface area contributed by atoms with Gasteiger partial charge in [-0.1, -0.05) is 20.8 Å². The number of nitrogens with zero attached hydrogens (tertiary/aromatic N) is 1. The Morgan fingerprint density at radius 3 is 2.59 bits per heavy atom. The maximum atomic E-state index is 5.24. The summed E-state index contributed by atoms with van der Waals surface area (Å²) < 4.78 is 5.24. The van der Waals surface area contributed by atoms with Gasteiger partial charge in [0, 0.05) is 44.9 Å². The highest BCUT2D eigenvalue weighted by Gasteiger charge is 2.35. The molecule has 102 valence electrons. The van der Waals surface area contributed by atoms with Crippen LogP contribution in [-0.4, -0.2) is 49.8 Å². The molecular weight excluding hydrogens is 212 g/mol. The van der Waals surface area contributed by atoms with Crippen molar-refractivity contribution in [3.8, 4) is 0 Å². The highest BCUT2D eigenvalue weighted by Crippen LogP contribution is 2.23. The maximum Gasteiger partial charge on any atom is 0.0500 e. The lowest BCUT2D eigenvalue weighted by Gasteiger charge is -2.47. The van der Waals surface area contributed by atoms with Gasteiger partial charge in [0.05, 0.1) is 0 Å². The van der Waals surface area contributed by atoms with E-state index >= 15 is 0 Å². The molecule has 0 radical (unpaired) electrons. The standard InChI is InChI=1S/C14H30N2O/c1-6-14(7-2)11-16(13(4)8-15-14)9-12(3)10-17-5/h12-13,15H,6-11H2,1-5H3. The van der Waals surface area contributed by atoms with Crippen LogP contribution in [0, 0.1) is 5.92 Å². The number of piperazine rings is 1. The molecule has 17 heavy (non-hydrogen) atoms. The van der Waals surface area contributed by atoms with Crippen LogP contribution in [0.15, 0.2) is 0 Å². The molecule has 1 rings (SSSR count). The third-order valence-electron chi connectivity index (χ3n) is 4.25. The van der Waals surface area contributed by atoms with Crippen LogP contribution in [0.1, 0.15) is 40.5 Å². The molecule has 1 aliphatic rings. The smallest absolute Gasteiger partial charge is 0.0500 e. The molecule has 0 aromatic rings. The van der Waals surface area contributed by atoms with Gasteiger partial charge in [0.25, 0.3) is 0 Å². The SMILES string of the molecule is CCC1(CC)CN(CC(C)COC)C(C)CN1. The van der Waals surface area contributed by atoms with Gasteiger partial charge < -0.3 is 10.1 Å². The first-order chi connectivity index (χ1) is 8.06. The molecule has 1 aliphatic heterocycles. The van der Waals surface area contributed by atoms with Gasteiger partial charge in [-0.2, -0.15) is 0 Å². The summed E-state index contributed by atoms with van der Waals surface area (Å²) in [4.78, 5) is 2.63. The Balaban J connectivity index is 2.56. The lowest BCUT2D eigenvalue weighted by atomic mass is 9.88. The van der Waals surface area contributed by atoms with E-state index in [9.17, 15) is 0 Å². The lowest BCUT2D eigenvalue weighted by Crippen LogP contribution is -2.63.